The maximum atomic E-state index is 6.51. The molecule has 0 saturated carbocycles. The fraction of sp³-hybridized carbons (Fsp3) is 0. The highest BCUT2D eigenvalue weighted by atomic mass is 32.1. The van der Waals surface area contributed by atoms with Crippen LogP contribution in [0.15, 0.2) is 205 Å². The maximum Gasteiger partial charge on any atom is 0.143 e. The third-order valence-corrected chi connectivity index (χ3v) is 12.0. The molecule has 11 rings (SSSR count). The highest BCUT2D eigenvalue weighted by Crippen LogP contribution is 2.44. The number of nitrogens with zero attached hydrogens (tertiary/aromatic N) is 1. The molecule has 0 radical (unpaired) electrons. The molecule has 258 valence electrons. The van der Waals surface area contributed by atoms with Gasteiger partial charge in [-0.1, -0.05) is 146 Å². The van der Waals surface area contributed by atoms with Crippen LogP contribution in [-0.2, 0) is 0 Å². The average molecular weight is 720 g/mol. The van der Waals surface area contributed by atoms with Gasteiger partial charge in [0, 0.05) is 53.6 Å². The molecule has 3 heteroatoms. The molecule has 0 unspecified atom stereocenters. The van der Waals surface area contributed by atoms with Crippen molar-refractivity contribution < 1.29 is 4.42 Å². The summed E-state index contributed by atoms with van der Waals surface area (Å²) < 4.78 is 9.13. The Balaban J connectivity index is 1.09. The van der Waals surface area contributed by atoms with E-state index in [1.165, 1.54) is 53.2 Å². The highest BCUT2D eigenvalue weighted by molar-refractivity contribution is 7.26. The summed E-state index contributed by atoms with van der Waals surface area (Å²) >= 11 is 1.87. The summed E-state index contributed by atoms with van der Waals surface area (Å²) in [5.41, 5.74) is 12.0. The normalized spacial score (nSPS) is 11.6. The molecule has 0 aliphatic rings. The van der Waals surface area contributed by atoms with Gasteiger partial charge in [-0.15, -0.1) is 11.3 Å². The minimum absolute atomic E-state index is 0.902. The molecule has 9 aromatic carbocycles. The fourth-order valence-electron chi connectivity index (χ4n) is 8.21. The quantitative estimate of drug-likeness (QED) is 0.170. The molecule has 0 atom stereocenters. The van der Waals surface area contributed by atoms with Crippen LogP contribution in [0, 0.1) is 0 Å². The van der Waals surface area contributed by atoms with E-state index < -0.39 is 0 Å². The van der Waals surface area contributed by atoms with E-state index in [-0.39, 0.29) is 0 Å². The Morgan fingerprint density at radius 1 is 0.364 bits per heavy atom. The lowest BCUT2D eigenvalue weighted by Gasteiger charge is -2.27. The first kappa shape index (κ1) is 31.6. The number of fused-ring (bicyclic) bond motifs is 7. The third kappa shape index (κ3) is 5.40. The summed E-state index contributed by atoms with van der Waals surface area (Å²) in [6.45, 7) is 0. The van der Waals surface area contributed by atoms with Gasteiger partial charge in [0.25, 0.3) is 0 Å². The van der Waals surface area contributed by atoms with Crippen LogP contribution in [0.3, 0.4) is 0 Å². The van der Waals surface area contributed by atoms with Crippen LogP contribution >= 0.6 is 11.3 Å². The van der Waals surface area contributed by atoms with E-state index in [1.54, 1.807) is 0 Å². The van der Waals surface area contributed by atoms with Crippen LogP contribution < -0.4 is 4.90 Å². The molecule has 0 bridgehead atoms. The van der Waals surface area contributed by atoms with Crippen LogP contribution in [0.2, 0.25) is 0 Å². The van der Waals surface area contributed by atoms with Crippen molar-refractivity contribution in [3.8, 4) is 33.4 Å². The SMILES string of the molecule is c1cc(-c2ccc3ccccc3c2)cc(N(c2cccc(-c3cccc4c3oc3ccccc34)c2)c2cccc(-c3cccc4c3sc3ccccc34)c2)c1. The van der Waals surface area contributed by atoms with Gasteiger partial charge < -0.3 is 9.32 Å². The molecule has 2 nitrogen and oxygen atoms in total. The lowest BCUT2D eigenvalue weighted by molar-refractivity contribution is 0.670. The zero-order chi connectivity index (χ0) is 36.3. The van der Waals surface area contributed by atoms with E-state index in [0.717, 1.165) is 50.1 Å². The Bertz CT molecular complexity index is 3080. The molecule has 0 amide bonds. The number of rotatable bonds is 6. The van der Waals surface area contributed by atoms with Gasteiger partial charge in [0.05, 0.1) is 0 Å². The van der Waals surface area contributed by atoms with E-state index in [9.17, 15) is 0 Å². The van der Waals surface area contributed by atoms with Crippen molar-refractivity contribution in [2.45, 2.75) is 0 Å². The average Bonchev–Trinajstić information content (AvgIpc) is 3.83. The molecular weight excluding hydrogens is 687 g/mol. The van der Waals surface area contributed by atoms with Gasteiger partial charge >= 0.3 is 0 Å². The predicted octanol–water partition coefficient (Wildman–Crippen LogP) is 15.6. The van der Waals surface area contributed by atoms with E-state index >= 15 is 0 Å². The Morgan fingerprint density at radius 3 is 1.73 bits per heavy atom. The minimum Gasteiger partial charge on any atom is -0.455 e. The van der Waals surface area contributed by atoms with Crippen LogP contribution in [0.4, 0.5) is 17.1 Å². The smallest absolute Gasteiger partial charge is 0.143 e. The Morgan fingerprint density at radius 2 is 0.927 bits per heavy atom. The molecule has 2 aromatic heterocycles. The zero-order valence-electron chi connectivity index (χ0n) is 29.8. The Hall–Kier alpha value is -6.94. The van der Waals surface area contributed by atoms with Gasteiger partial charge in [-0.2, -0.15) is 0 Å². The van der Waals surface area contributed by atoms with Crippen molar-refractivity contribution in [1.29, 1.82) is 0 Å². The number of hydrogen-bond donors (Lipinski definition) is 0. The molecule has 0 aliphatic carbocycles. The molecule has 11 aromatic rings. The number of para-hydroxylation sites is 2. The van der Waals surface area contributed by atoms with Gasteiger partial charge in [-0.05, 0) is 93.2 Å². The van der Waals surface area contributed by atoms with E-state index in [4.69, 9.17) is 4.42 Å². The lowest BCUT2D eigenvalue weighted by atomic mass is 9.99. The van der Waals surface area contributed by atoms with Gasteiger partial charge in [0.1, 0.15) is 11.2 Å². The Labute approximate surface area is 322 Å². The summed E-state index contributed by atoms with van der Waals surface area (Å²) in [6, 6.07) is 72.2. The van der Waals surface area contributed by atoms with Crippen molar-refractivity contribution in [2.75, 3.05) is 4.90 Å². The lowest BCUT2D eigenvalue weighted by Crippen LogP contribution is -2.10. The summed E-state index contributed by atoms with van der Waals surface area (Å²) in [5.74, 6) is 0. The molecule has 0 saturated heterocycles. The van der Waals surface area contributed by atoms with Gasteiger partial charge in [0.2, 0.25) is 0 Å². The first-order valence-corrected chi connectivity index (χ1v) is 19.5. The van der Waals surface area contributed by atoms with Crippen molar-refractivity contribution in [2.24, 2.45) is 0 Å². The summed E-state index contributed by atoms with van der Waals surface area (Å²) in [7, 11) is 0. The van der Waals surface area contributed by atoms with Gasteiger partial charge in [-0.25, -0.2) is 0 Å². The fourth-order valence-corrected chi connectivity index (χ4v) is 9.45. The number of benzene rings is 9. The second-order valence-electron chi connectivity index (χ2n) is 14.1. The van der Waals surface area contributed by atoms with Crippen LogP contribution in [0.5, 0.6) is 0 Å². The largest absolute Gasteiger partial charge is 0.455 e. The second-order valence-corrected chi connectivity index (χ2v) is 15.2. The molecule has 0 aliphatic heterocycles. The number of hydrogen-bond acceptors (Lipinski definition) is 3. The first-order chi connectivity index (χ1) is 27.2. The molecule has 0 N–H and O–H groups in total. The predicted molar refractivity (Wildman–Crippen MR) is 235 cm³/mol. The topological polar surface area (TPSA) is 16.4 Å². The van der Waals surface area contributed by atoms with Crippen molar-refractivity contribution in [1.82, 2.24) is 0 Å². The van der Waals surface area contributed by atoms with E-state index in [1.807, 2.05) is 23.5 Å². The zero-order valence-corrected chi connectivity index (χ0v) is 30.6. The number of anilines is 3. The van der Waals surface area contributed by atoms with E-state index in [0.29, 0.717) is 0 Å². The van der Waals surface area contributed by atoms with Crippen molar-refractivity contribution in [3.63, 3.8) is 0 Å². The molecule has 55 heavy (non-hydrogen) atoms. The van der Waals surface area contributed by atoms with E-state index in [2.05, 4.69) is 193 Å². The standard InChI is InChI=1S/C52H33NOS/c1-2-13-35-30-37(29-28-34(35)12-1)36-14-7-17-40(31-36)53(41-18-8-15-38(32-41)43-22-10-24-47-45-20-3-5-26-49(45)54-51(43)47)42-19-9-16-39(33-42)44-23-11-25-48-46-21-4-6-27-50(46)55-52(44)48/h1-33H. The maximum absolute atomic E-state index is 6.51. The summed E-state index contributed by atoms with van der Waals surface area (Å²) in [4.78, 5) is 2.39. The minimum atomic E-state index is 0.902. The number of thiophene rings is 1. The van der Waals surface area contributed by atoms with Crippen molar-refractivity contribution >= 4 is 81.3 Å². The molecule has 2 heterocycles. The second kappa shape index (κ2) is 12.9. The molecule has 0 fully saturated rings. The van der Waals surface area contributed by atoms with Gasteiger partial charge in [-0.3, -0.25) is 0 Å². The molecule has 0 spiro atoms. The monoisotopic (exact) mass is 719 g/mol. The summed E-state index contributed by atoms with van der Waals surface area (Å²) in [5, 5.41) is 7.35. The van der Waals surface area contributed by atoms with Crippen LogP contribution in [0.1, 0.15) is 0 Å². The first-order valence-electron chi connectivity index (χ1n) is 18.7. The Kier molecular flexibility index (Phi) is 7.39. The third-order valence-electron chi connectivity index (χ3n) is 10.8. The van der Waals surface area contributed by atoms with Crippen LogP contribution in [0.25, 0.3) is 86.3 Å². The number of furan rings is 1. The molecular formula is C52H33NOS. The van der Waals surface area contributed by atoms with Gasteiger partial charge in [0.15, 0.2) is 0 Å². The van der Waals surface area contributed by atoms with Crippen molar-refractivity contribution in [3.05, 3.63) is 200 Å². The van der Waals surface area contributed by atoms with Crippen LogP contribution in [-0.4, -0.2) is 0 Å². The highest BCUT2D eigenvalue weighted by Gasteiger charge is 2.18. The summed E-state index contributed by atoms with van der Waals surface area (Å²) in [6.07, 6.45) is 0.